The first-order valence-corrected chi connectivity index (χ1v) is 5.99. The van der Waals surface area contributed by atoms with Crippen molar-refractivity contribution in [2.45, 2.75) is 59.6 Å². The van der Waals surface area contributed by atoms with Gasteiger partial charge in [0, 0.05) is 12.6 Å². The van der Waals surface area contributed by atoms with Crippen LogP contribution in [-0.2, 0) is 4.74 Å². The third kappa shape index (κ3) is 16.5. The highest BCUT2D eigenvalue weighted by atomic mass is 16.5. The monoisotopic (exact) mass is 219 g/mol. The lowest BCUT2D eigenvalue weighted by Gasteiger charge is -2.19. The van der Waals surface area contributed by atoms with Gasteiger partial charge in [-0.25, -0.2) is 0 Å². The molecule has 1 saturated heterocycles. The van der Waals surface area contributed by atoms with Gasteiger partial charge in [0.1, 0.15) is 0 Å². The molecule has 1 atom stereocenters. The molecule has 1 unspecified atom stereocenters. The summed E-state index contributed by atoms with van der Waals surface area (Å²) in [6, 6.07) is 0.564. The molecule has 3 nitrogen and oxygen atoms in total. The Bertz CT molecular complexity index is 115. The average molecular weight is 219 g/mol. The third-order valence-electron chi connectivity index (χ3n) is 1.97. The van der Waals surface area contributed by atoms with Gasteiger partial charge in [-0.15, -0.1) is 0 Å². The van der Waals surface area contributed by atoms with E-state index in [2.05, 4.69) is 12.2 Å². The summed E-state index contributed by atoms with van der Waals surface area (Å²) in [6.07, 6.45) is 0.826. The minimum atomic E-state index is -0.458. The number of hydrogen-bond donors (Lipinski definition) is 2. The molecule has 0 aliphatic carbocycles. The van der Waals surface area contributed by atoms with Crippen molar-refractivity contribution in [3.63, 3.8) is 0 Å². The summed E-state index contributed by atoms with van der Waals surface area (Å²) in [7, 11) is 0. The third-order valence-corrected chi connectivity index (χ3v) is 1.97. The van der Waals surface area contributed by atoms with Crippen molar-refractivity contribution < 1.29 is 9.84 Å². The quantitative estimate of drug-likeness (QED) is 0.710. The SMILES string of the molecule is CC.CC1COCCN1.CCC(C)(C)O. The van der Waals surface area contributed by atoms with Gasteiger partial charge in [0.05, 0.1) is 18.8 Å². The summed E-state index contributed by atoms with van der Waals surface area (Å²) in [6.45, 7) is 14.4. The average Bonchev–Trinajstić information content (AvgIpc) is 2.22. The van der Waals surface area contributed by atoms with Gasteiger partial charge in [0.2, 0.25) is 0 Å². The Hall–Kier alpha value is -0.120. The Morgan fingerprint density at radius 1 is 1.40 bits per heavy atom. The van der Waals surface area contributed by atoms with Gasteiger partial charge < -0.3 is 15.2 Å². The Morgan fingerprint density at radius 3 is 2.00 bits per heavy atom. The van der Waals surface area contributed by atoms with Gasteiger partial charge in [0.15, 0.2) is 0 Å². The van der Waals surface area contributed by atoms with Crippen LogP contribution in [-0.4, -0.2) is 36.5 Å². The van der Waals surface area contributed by atoms with E-state index in [0.717, 1.165) is 26.2 Å². The van der Waals surface area contributed by atoms with Crippen molar-refractivity contribution in [3.8, 4) is 0 Å². The zero-order valence-electron chi connectivity index (χ0n) is 11.3. The zero-order valence-corrected chi connectivity index (χ0v) is 11.3. The summed E-state index contributed by atoms with van der Waals surface area (Å²) in [5.74, 6) is 0. The lowest BCUT2D eigenvalue weighted by atomic mass is 10.1. The van der Waals surface area contributed by atoms with E-state index in [4.69, 9.17) is 9.84 Å². The summed E-state index contributed by atoms with van der Waals surface area (Å²) in [5.41, 5.74) is -0.458. The van der Waals surface area contributed by atoms with Crippen molar-refractivity contribution in [2.75, 3.05) is 19.8 Å². The predicted molar refractivity (Wildman–Crippen MR) is 66.2 cm³/mol. The molecule has 94 valence electrons. The molecule has 1 fully saturated rings. The molecule has 0 saturated carbocycles. The van der Waals surface area contributed by atoms with Gasteiger partial charge in [-0.2, -0.15) is 0 Å². The van der Waals surface area contributed by atoms with Crippen molar-refractivity contribution in [2.24, 2.45) is 0 Å². The predicted octanol–water partition coefficient (Wildman–Crippen LogP) is 2.19. The second-order valence-electron chi connectivity index (χ2n) is 4.10. The number of hydrogen-bond acceptors (Lipinski definition) is 3. The molecular formula is C12H29NO2. The van der Waals surface area contributed by atoms with E-state index in [1.54, 1.807) is 13.8 Å². The van der Waals surface area contributed by atoms with Crippen LogP contribution in [0.4, 0.5) is 0 Å². The maximum absolute atomic E-state index is 8.83. The van der Waals surface area contributed by atoms with Gasteiger partial charge in [-0.3, -0.25) is 0 Å². The van der Waals surface area contributed by atoms with E-state index >= 15 is 0 Å². The van der Waals surface area contributed by atoms with Gasteiger partial charge >= 0.3 is 0 Å². The van der Waals surface area contributed by atoms with Crippen LogP contribution in [0.15, 0.2) is 0 Å². The highest BCUT2D eigenvalue weighted by Crippen LogP contribution is 2.03. The fourth-order valence-corrected chi connectivity index (χ4v) is 0.697. The van der Waals surface area contributed by atoms with Crippen LogP contribution in [0.3, 0.4) is 0 Å². The number of ether oxygens (including phenoxy) is 1. The highest BCUT2D eigenvalue weighted by molar-refractivity contribution is 4.62. The van der Waals surface area contributed by atoms with E-state index < -0.39 is 5.60 Å². The molecule has 0 radical (unpaired) electrons. The van der Waals surface area contributed by atoms with E-state index in [1.165, 1.54) is 0 Å². The molecule has 0 aromatic rings. The van der Waals surface area contributed by atoms with Crippen LogP contribution in [0.1, 0.15) is 48.0 Å². The van der Waals surface area contributed by atoms with Gasteiger partial charge in [-0.05, 0) is 27.2 Å². The molecule has 0 aromatic heterocycles. The maximum Gasteiger partial charge on any atom is 0.0617 e. The fourth-order valence-electron chi connectivity index (χ4n) is 0.697. The van der Waals surface area contributed by atoms with Crippen LogP contribution >= 0.6 is 0 Å². The molecule has 0 bridgehead atoms. The lowest BCUT2D eigenvalue weighted by Crippen LogP contribution is -2.38. The Labute approximate surface area is 95.2 Å². The van der Waals surface area contributed by atoms with E-state index in [1.807, 2.05) is 20.8 Å². The smallest absolute Gasteiger partial charge is 0.0617 e. The van der Waals surface area contributed by atoms with Gasteiger partial charge in [0.25, 0.3) is 0 Å². The summed E-state index contributed by atoms with van der Waals surface area (Å²) >= 11 is 0. The normalized spacial score (nSPS) is 20.6. The van der Waals surface area contributed by atoms with E-state index in [-0.39, 0.29) is 0 Å². The number of aliphatic hydroxyl groups is 1. The summed E-state index contributed by atoms with van der Waals surface area (Å²) < 4.78 is 5.12. The minimum Gasteiger partial charge on any atom is -0.390 e. The molecule has 15 heavy (non-hydrogen) atoms. The molecule has 0 spiro atoms. The second-order valence-corrected chi connectivity index (χ2v) is 4.10. The summed E-state index contributed by atoms with van der Waals surface area (Å²) in [4.78, 5) is 0. The Kier molecular flexibility index (Phi) is 12.0. The maximum atomic E-state index is 8.83. The first-order valence-electron chi connectivity index (χ1n) is 5.99. The second kappa shape index (κ2) is 10.4. The molecule has 1 heterocycles. The standard InChI is InChI=1S/C5H11NO.C5H12O.C2H6/c1-5-4-7-3-2-6-5;1-4-5(2,3)6;1-2/h5-6H,2-4H2,1H3;6H,4H2,1-3H3;1-2H3. The molecule has 1 rings (SSSR count). The van der Waals surface area contributed by atoms with E-state index in [9.17, 15) is 0 Å². The van der Waals surface area contributed by atoms with Crippen LogP contribution in [0, 0.1) is 0 Å². The van der Waals surface area contributed by atoms with Gasteiger partial charge in [-0.1, -0.05) is 20.8 Å². The molecule has 0 aromatic carbocycles. The van der Waals surface area contributed by atoms with Crippen LogP contribution in [0.2, 0.25) is 0 Å². The summed E-state index contributed by atoms with van der Waals surface area (Å²) in [5, 5.41) is 12.1. The molecule has 2 N–H and O–H groups in total. The zero-order chi connectivity index (χ0) is 12.3. The molecule has 0 amide bonds. The molecular weight excluding hydrogens is 190 g/mol. The highest BCUT2D eigenvalue weighted by Gasteiger charge is 2.05. The van der Waals surface area contributed by atoms with Crippen LogP contribution in [0.25, 0.3) is 0 Å². The largest absolute Gasteiger partial charge is 0.390 e. The fraction of sp³-hybridized carbons (Fsp3) is 1.00. The van der Waals surface area contributed by atoms with Crippen molar-refractivity contribution in [3.05, 3.63) is 0 Å². The Balaban J connectivity index is 0. The molecule has 1 aliphatic rings. The first-order chi connectivity index (χ1) is 6.95. The first kappa shape index (κ1) is 17.3. The van der Waals surface area contributed by atoms with Crippen molar-refractivity contribution >= 4 is 0 Å². The van der Waals surface area contributed by atoms with E-state index in [0.29, 0.717) is 6.04 Å². The topological polar surface area (TPSA) is 41.5 Å². The molecule has 3 heteroatoms. The van der Waals surface area contributed by atoms with Crippen molar-refractivity contribution in [1.29, 1.82) is 0 Å². The van der Waals surface area contributed by atoms with Crippen LogP contribution in [0.5, 0.6) is 0 Å². The lowest BCUT2D eigenvalue weighted by molar-refractivity contribution is 0.0765. The minimum absolute atomic E-state index is 0.458. The van der Waals surface area contributed by atoms with Crippen molar-refractivity contribution in [1.82, 2.24) is 5.32 Å². The Morgan fingerprint density at radius 2 is 1.87 bits per heavy atom. The number of nitrogens with one attached hydrogen (secondary N) is 1. The number of rotatable bonds is 1. The number of morpholine rings is 1. The van der Waals surface area contributed by atoms with Crippen LogP contribution < -0.4 is 5.32 Å². The molecule has 1 aliphatic heterocycles.